The Hall–Kier alpha value is -2.30. The minimum atomic E-state index is -0.310. The van der Waals surface area contributed by atoms with Crippen molar-refractivity contribution in [3.63, 3.8) is 0 Å². The van der Waals surface area contributed by atoms with Crippen LogP contribution in [0, 0.1) is 18.7 Å². The normalized spacial score (nSPS) is 19.9. The topological polar surface area (TPSA) is 46.1 Å². The molecule has 1 aliphatic heterocycles. The van der Waals surface area contributed by atoms with Crippen molar-refractivity contribution in [2.45, 2.75) is 45.4 Å². The number of piperidine rings is 1. The van der Waals surface area contributed by atoms with Crippen LogP contribution in [0.2, 0.25) is 0 Å². The molecule has 1 fully saturated rings. The molecular formula is C21H24FN3O. The van der Waals surface area contributed by atoms with E-state index in [1.54, 1.807) is 12.1 Å². The van der Waals surface area contributed by atoms with E-state index in [1.165, 1.54) is 36.2 Å². The molecule has 5 heteroatoms. The maximum atomic E-state index is 13.1. The highest BCUT2D eigenvalue weighted by Gasteiger charge is 2.29. The van der Waals surface area contributed by atoms with E-state index in [9.17, 15) is 9.18 Å². The van der Waals surface area contributed by atoms with Crippen molar-refractivity contribution >= 4 is 11.6 Å². The first kappa shape index (κ1) is 17.1. The third-order valence-electron chi connectivity index (χ3n) is 5.49. The SMILES string of the molecule is Cc1nc2c(c(N3CCCC(C(=O)c4ccc(F)cc4)C3)n1)CCCC2. The van der Waals surface area contributed by atoms with Crippen molar-refractivity contribution in [3.05, 3.63) is 52.7 Å². The number of benzene rings is 1. The average Bonchev–Trinajstić information content (AvgIpc) is 2.67. The van der Waals surface area contributed by atoms with Gasteiger partial charge in [0.15, 0.2) is 5.78 Å². The molecule has 4 nitrogen and oxygen atoms in total. The number of hydrogen-bond acceptors (Lipinski definition) is 4. The fourth-order valence-electron chi connectivity index (χ4n) is 4.19. The zero-order chi connectivity index (χ0) is 18.1. The number of aromatic nitrogens is 2. The molecule has 0 N–H and O–H groups in total. The molecule has 4 rings (SSSR count). The fraction of sp³-hybridized carbons (Fsp3) is 0.476. The van der Waals surface area contributed by atoms with E-state index in [0.717, 1.165) is 43.9 Å². The molecule has 1 aliphatic carbocycles. The molecule has 1 aromatic heterocycles. The van der Waals surface area contributed by atoms with Crippen LogP contribution in [0.5, 0.6) is 0 Å². The number of carbonyl (C=O) groups is 1. The Kier molecular flexibility index (Phi) is 4.70. The molecule has 1 saturated heterocycles. The first-order valence-corrected chi connectivity index (χ1v) is 9.53. The van der Waals surface area contributed by atoms with Gasteiger partial charge >= 0.3 is 0 Å². The van der Waals surface area contributed by atoms with E-state index in [1.807, 2.05) is 6.92 Å². The predicted octanol–water partition coefficient (Wildman–Crippen LogP) is 3.90. The molecule has 2 aromatic rings. The van der Waals surface area contributed by atoms with Crippen LogP contribution in [0.3, 0.4) is 0 Å². The summed E-state index contributed by atoms with van der Waals surface area (Å²) in [7, 11) is 0. The number of fused-ring (bicyclic) bond motifs is 1. The highest BCUT2D eigenvalue weighted by molar-refractivity contribution is 5.98. The summed E-state index contributed by atoms with van der Waals surface area (Å²) in [4.78, 5) is 24.5. The van der Waals surface area contributed by atoms with E-state index < -0.39 is 0 Å². The lowest BCUT2D eigenvalue weighted by molar-refractivity contribution is 0.0907. The minimum absolute atomic E-state index is 0.0660. The van der Waals surface area contributed by atoms with E-state index in [-0.39, 0.29) is 17.5 Å². The third-order valence-corrected chi connectivity index (χ3v) is 5.49. The molecule has 26 heavy (non-hydrogen) atoms. The Morgan fingerprint density at radius 2 is 1.88 bits per heavy atom. The van der Waals surface area contributed by atoms with Gasteiger partial charge in [-0.2, -0.15) is 0 Å². The molecule has 2 heterocycles. The number of ketones is 1. The van der Waals surface area contributed by atoms with Gasteiger partial charge in [-0.1, -0.05) is 0 Å². The second-order valence-electron chi connectivity index (χ2n) is 7.38. The summed E-state index contributed by atoms with van der Waals surface area (Å²) in [5.74, 6) is 1.57. The quantitative estimate of drug-likeness (QED) is 0.785. The van der Waals surface area contributed by atoms with Gasteiger partial charge in [0, 0.05) is 35.8 Å². The number of halogens is 1. The van der Waals surface area contributed by atoms with Gasteiger partial charge in [0.2, 0.25) is 0 Å². The number of carbonyl (C=O) groups excluding carboxylic acids is 1. The maximum Gasteiger partial charge on any atom is 0.167 e. The highest BCUT2D eigenvalue weighted by atomic mass is 19.1. The van der Waals surface area contributed by atoms with Gasteiger partial charge in [-0.05, 0) is 69.7 Å². The second kappa shape index (κ2) is 7.14. The Morgan fingerprint density at radius 1 is 1.12 bits per heavy atom. The lowest BCUT2D eigenvalue weighted by atomic mass is 9.89. The van der Waals surface area contributed by atoms with Crippen LogP contribution in [-0.4, -0.2) is 28.8 Å². The molecule has 0 radical (unpaired) electrons. The summed E-state index contributed by atoms with van der Waals surface area (Å²) in [6.07, 6.45) is 6.26. The molecule has 1 atom stereocenters. The maximum absolute atomic E-state index is 13.1. The second-order valence-corrected chi connectivity index (χ2v) is 7.38. The lowest BCUT2D eigenvalue weighted by Crippen LogP contribution is -2.40. The summed E-state index contributed by atoms with van der Waals surface area (Å²) in [6, 6.07) is 5.90. The number of anilines is 1. The van der Waals surface area contributed by atoms with Gasteiger partial charge in [0.25, 0.3) is 0 Å². The first-order chi connectivity index (χ1) is 12.6. The van der Waals surface area contributed by atoms with Crippen molar-refractivity contribution in [3.8, 4) is 0 Å². The number of hydrogen-bond donors (Lipinski definition) is 0. The summed E-state index contributed by atoms with van der Waals surface area (Å²) in [6.45, 7) is 3.55. The summed E-state index contributed by atoms with van der Waals surface area (Å²) in [5, 5.41) is 0. The van der Waals surface area contributed by atoms with Crippen molar-refractivity contribution in [2.75, 3.05) is 18.0 Å². The summed E-state index contributed by atoms with van der Waals surface area (Å²) in [5.41, 5.74) is 3.06. The molecule has 0 spiro atoms. The molecule has 0 saturated carbocycles. The minimum Gasteiger partial charge on any atom is -0.356 e. The molecule has 2 aliphatic rings. The van der Waals surface area contributed by atoms with Crippen molar-refractivity contribution < 1.29 is 9.18 Å². The van der Waals surface area contributed by atoms with E-state index in [2.05, 4.69) is 9.88 Å². The van der Waals surface area contributed by atoms with Gasteiger partial charge in [-0.3, -0.25) is 4.79 Å². The van der Waals surface area contributed by atoms with E-state index in [0.29, 0.717) is 12.1 Å². The predicted molar refractivity (Wildman–Crippen MR) is 99.1 cm³/mol. The average molecular weight is 353 g/mol. The zero-order valence-electron chi connectivity index (χ0n) is 15.2. The molecule has 0 bridgehead atoms. The standard InChI is InChI=1S/C21H24FN3O/c1-14-23-19-7-3-2-6-18(19)21(24-14)25-12-4-5-16(13-25)20(26)15-8-10-17(22)11-9-15/h8-11,16H,2-7,12-13H2,1H3. The van der Waals surface area contributed by atoms with E-state index >= 15 is 0 Å². The van der Waals surface area contributed by atoms with Crippen LogP contribution in [0.1, 0.15) is 53.1 Å². The highest BCUT2D eigenvalue weighted by Crippen LogP contribution is 2.31. The van der Waals surface area contributed by atoms with Crippen LogP contribution in [0.4, 0.5) is 10.2 Å². The van der Waals surface area contributed by atoms with Crippen molar-refractivity contribution in [2.24, 2.45) is 5.92 Å². The van der Waals surface area contributed by atoms with Crippen LogP contribution in [0.25, 0.3) is 0 Å². The van der Waals surface area contributed by atoms with Crippen molar-refractivity contribution in [1.29, 1.82) is 0 Å². The van der Waals surface area contributed by atoms with E-state index in [4.69, 9.17) is 4.98 Å². The Bertz CT molecular complexity index is 819. The van der Waals surface area contributed by atoms with Crippen LogP contribution < -0.4 is 4.90 Å². The molecule has 1 aromatic carbocycles. The Morgan fingerprint density at radius 3 is 2.69 bits per heavy atom. The molecule has 1 unspecified atom stereocenters. The largest absolute Gasteiger partial charge is 0.356 e. The fourth-order valence-corrected chi connectivity index (χ4v) is 4.19. The Balaban J connectivity index is 1.58. The van der Waals surface area contributed by atoms with Gasteiger partial charge in [0.05, 0.1) is 0 Å². The number of Topliss-reactive ketones (excluding diaryl/α,β-unsaturated/α-hetero) is 1. The lowest BCUT2D eigenvalue weighted by Gasteiger charge is -2.35. The van der Waals surface area contributed by atoms with Crippen LogP contribution >= 0.6 is 0 Å². The van der Waals surface area contributed by atoms with Crippen LogP contribution in [0.15, 0.2) is 24.3 Å². The molecular weight excluding hydrogens is 329 g/mol. The van der Waals surface area contributed by atoms with Gasteiger partial charge in [-0.25, -0.2) is 14.4 Å². The molecule has 0 amide bonds. The van der Waals surface area contributed by atoms with Crippen molar-refractivity contribution in [1.82, 2.24) is 9.97 Å². The van der Waals surface area contributed by atoms with Gasteiger partial charge in [-0.15, -0.1) is 0 Å². The number of rotatable bonds is 3. The van der Waals surface area contributed by atoms with Gasteiger partial charge < -0.3 is 4.90 Å². The monoisotopic (exact) mass is 353 g/mol. The zero-order valence-corrected chi connectivity index (χ0v) is 15.2. The first-order valence-electron chi connectivity index (χ1n) is 9.53. The third kappa shape index (κ3) is 3.35. The molecule has 136 valence electrons. The summed E-state index contributed by atoms with van der Waals surface area (Å²) < 4.78 is 13.1. The van der Waals surface area contributed by atoms with Gasteiger partial charge in [0.1, 0.15) is 17.5 Å². The number of nitrogens with zero attached hydrogens (tertiary/aromatic N) is 3. The summed E-state index contributed by atoms with van der Waals surface area (Å²) >= 11 is 0. The Labute approximate surface area is 153 Å². The van der Waals surface area contributed by atoms with Crippen LogP contribution in [-0.2, 0) is 12.8 Å². The smallest absolute Gasteiger partial charge is 0.167 e. The number of aryl methyl sites for hydroxylation is 2.